The molecular weight excluding hydrogens is 762 g/mol. The third-order valence-corrected chi connectivity index (χ3v) is 16.6. The zero-order valence-corrected chi connectivity index (χ0v) is 42.4. The van der Waals surface area contributed by atoms with Crippen molar-refractivity contribution in [3.8, 4) is 0 Å². The first-order chi connectivity index (χ1) is 28.9. The summed E-state index contributed by atoms with van der Waals surface area (Å²) in [7, 11) is 1.40. The molecule has 0 aromatic rings. The molecule has 2 fully saturated rings. The van der Waals surface area contributed by atoms with Crippen molar-refractivity contribution in [1.82, 2.24) is 4.90 Å². The highest BCUT2D eigenvalue weighted by atomic mass is 31.2. The van der Waals surface area contributed by atoms with Crippen LogP contribution < -0.4 is 0 Å². The third-order valence-electron chi connectivity index (χ3n) is 15.2. The van der Waals surface area contributed by atoms with E-state index < -0.39 is 7.82 Å². The topological polar surface area (TPSA) is 57.2 Å². The summed E-state index contributed by atoms with van der Waals surface area (Å²) < 4.78 is 35.8. The van der Waals surface area contributed by atoms with Gasteiger partial charge in [-0.3, -0.25) is 18.5 Å². The van der Waals surface area contributed by atoms with Gasteiger partial charge in [0.2, 0.25) is 0 Å². The Balaban J connectivity index is 1.87. The molecule has 0 bridgehead atoms. The number of likely N-dealkylation sites (N-methyl/N-ethyl adjacent to an activating group) is 1. The summed E-state index contributed by atoms with van der Waals surface area (Å²) in [4.78, 5) is 2.35. The van der Waals surface area contributed by atoms with E-state index in [1.54, 1.807) is 0 Å². The van der Waals surface area contributed by atoms with E-state index in [1.807, 2.05) is 0 Å². The molecule has 1 saturated heterocycles. The van der Waals surface area contributed by atoms with E-state index in [0.29, 0.717) is 6.54 Å². The molecule has 1 aliphatic heterocycles. The number of unbranched alkanes of at least 4 members (excludes halogenated alkanes) is 24. The SMILES string of the molecule is CCCCC/C=C\C/C=C\CCCCCCCCC1(CCCCCCCCCCCCCCCCCC)O[C@@H](C(C)(C)C(C)(C)N(C)CCOP(=O)(OC)OC)CC2CC21. The molecule has 60 heavy (non-hydrogen) atoms. The molecule has 0 amide bonds. The normalized spacial score (nSPS) is 21.2. The second-order valence-electron chi connectivity index (χ2n) is 20.2. The standard InChI is InChI=1S/C53H102NO5P/c1-10-12-14-16-18-20-22-24-26-28-30-32-34-36-38-40-42-53(43-41-39-37-35-33-31-29-27-25-23-21-19-17-15-13-11-2)49-46-48(49)47-50(59-53)51(3,4)52(5,6)54(7)44-45-58-60(55,56-8)57-9/h18,20,24,26,48-50H,10-17,19,21-23,25,27-47H2,1-9H3/b20-18-,26-24-/t48?,49?,50-,53?/m1/s1. The van der Waals surface area contributed by atoms with Gasteiger partial charge in [-0.1, -0.05) is 200 Å². The second kappa shape index (κ2) is 32.2. The van der Waals surface area contributed by atoms with Gasteiger partial charge in [-0.15, -0.1) is 0 Å². The van der Waals surface area contributed by atoms with Crippen LogP contribution in [0.2, 0.25) is 0 Å². The Kier molecular flexibility index (Phi) is 29.9. The maximum Gasteiger partial charge on any atom is 0.474 e. The molecule has 6 nitrogen and oxygen atoms in total. The van der Waals surface area contributed by atoms with Gasteiger partial charge in [-0.2, -0.15) is 0 Å². The van der Waals surface area contributed by atoms with Crippen molar-refractivity contribution in [3.05, 3.63) is 24.3 Å². The second-order valence-corrected chi connectivity index (χ2v) is 22.1. The molecule has 3 unspecified atom stereocenters. The number of phosphoric acid groups is 1. The smallest absolute Gasteiger partial charge is 0.371 e. The molecule has 0 N–H and O–H groups in total. The highest BCUT2D eigenvalue weighted by Crippen LogP contribution is 2.61. The molecule has 0 radical (unpaired) electrons. The minimum Gasteiger partial charge on any atom is -0.371 e. The molecule has 2 aliphatic rings. The number of phosphoric ester groups is 1. The lowest BCUT2D eigenvalue weighted by Crippen LogP contribution is -2.60. The number of fused-ring (bicyclic) bond motifs is 1. The minimum atomic E-state index is -3.50. The van der Waals surface area contributed by atoms with Gasteiger partial charge in [0.05, 0.1) is 18.3 Å². The Hall–Kier alpha value is -0.490. The highest BCUT2D eigenvalue weighted by molar-refractivity contribution is 7.48. The van der Waals surface area contributed by atoms with E-state index in [1.165, 1.54) is 213 Å². The molecule has 0 aromatic carbocycles. The van der Waals surface area contributed by atoms with Crippen molar-refractivity contribution in [2.75, 3.05) is 34.4 Å². The maximum atomic E-state index is 12.5. The van der Waals surface area contributed by atoms with Crippen LogP contribution in [-0.2, 0) is 22.9 Å². The van der Waals surface area contributed by atoms with E-state index in [-0.39, 0.29) is 29.3 Å². The van der Waals surface area contributed by atoms with Crippen molar-refractivity contribution in [1.29, 1.82) is 0 Å². The zero-order chi connectivity index (χ0) is 44.0. The summed E-state index contributed by atoms with van der Waals surface area (Å²) >= 11 is 0. The summed E-state index contributed by atoms with van der Waals surface area (Å²) in [6.45, 7) is 15.0. The molecule has 4 atom stereocenters. The van der Waals surface area contributed by atoms with Gasteiger partial charge in [-0.25, -0.2) is 4.57 Å². The Bertz CT molecular complexity index is 1150. The lowest BCUT2D eigenvalue weighted by atomic mass is 9.66. The molecule has 354 valence electrons. The molecular formula is C53H102NO5P. The van der Waals surface area contributed by atoms with Gasteiger partial charge in [0.1, 0.15) is 0 Å². The maximum absolute atomic E-state index is 12.5. The van der Waals surface area contributed by atoms with Crippen LogP contribution in [0.25, 0.3) is 0 Å². The van der Waals surface area contributed by atoms with Gasteiger partial charge in [0.25, 0.3) is 0 Å². The molecule has 0 spiro atoms. The average Bonchev–Trinajstić information content (AvgIpc) is 4.04. The predicted molar refractivity (Wildman–Crippen MR) is 260 cm³/mol. The first kappa shape index (κ1) is 55.6. The highest BCUT2D eigenvalue weighted by Gasteiger charge is 2.61. The number of hydrogen-bond acceptors (Lipinski definition) is 6. The molecule has 1 aliphatic carbocycles. The lowest BCUT2D eigenvalue weighted by molar-refractivity contribution is -0.204. The van der Waals surface area contributed by atoms with Crippen LogP contribution >= 0.6 is 7.82 Å². The monoisotopic (exact) mass is 864 g/mol. The first-order valence-corrected chi connectivity index (χ1v) is 27.4. The number of ether oxygens (including phenoxy) is 1. The van der Waals surface area contributed by atoms with Crippen molar-refractivity contribution in [3.63, 3.8) is 0 Å². The molecule has 7 heteroatoms. The van der Waals surface area contributed by atoms with Crippen LogP contribution in [0.4, 0.5) is 0 Å². The van der Waals surface area contributed by atoms with E-state index in [4.69, 9.17) is 18.3 Å². The summed E-state index contributed by atoms with van der Waals surface area (Å²) in [6.07, 6.45) is 52.7. The summed E-state index contributed by atoms with van der Waals surface area (Å²) in [5.41, 5.74) is -0.245. The zero-order valence-electron chi connectivity index (χ0n) is 41.5. The Morgan fingerprint density at radius 2 is 1.03 bits per heavy atom. The molecule has 0 aromatic heterocycles. The van der Waals surface area contributed by atoms with Gasteiger partial charge >= 0.3 is 7.82 Å². The van der Waals surface area contributed by atoms with Crippen LogP contribution in [-0.4, -0.2) is 56.6 Å². The number of nitrogens with zero attached hydrogens (tertiary/aromatic N) is 1. The fourth-order valence-electron chi connectivity index (χ4n) is 9.92. The lowest BCUT2D eigenvalue weighted by Gasteiger charge is -2.55. The Morgan fingerprint density at radius 3 is 1.50 bits per heavy atom. The first-order valence-electron chi connectivity index (χ1n) is 26.0. The molecule has 1 heterocycles. The number of allylic oxidation sites excluding steroid dienone is 4. The molecule has 1 saturated carbocycles. The Morgan fingerprint density at radius 1 is 0.617 bits per heavy atom. The van der Waals surface area contributed by atoms with Gasteiger partial charge in [-0.05, 0) is 90.5 Å². The van der Waals surface area contributed by atoms with E-state index in [2.05, 4.69) is 77.8 Å². The summed E-state index contributed by atoms with van der Waals surface area (Å²) in [6, 6.07) is 0. The van der Waals surface area contributed by atoms with E-state index in [9.17, 15) is 4.57 Å². The van der Waals surface area contributed by atoms with Crippen LogP contribution in [0.15, 0.2) is 24.3 Å². The van der Waals surface area contributed by atoms with Gasteiger partial charge in [0.15, 0.2) is 0 Å². The van der Waals surface area contributed by atoms with Crippen LogP contribution in [0, 0.1) is 17.3 Å². The van der Waals surface area contributed by atoms with Crippen molar-refractivity contribution in [2.24, 2.45) is 17.3 Å². The van der Waals surface area contributed by atoms with Crippen molar-refractivity contribution < 1.29 is 22.9 Å². The van der Waals surface area contributed by atoms with Gasteiger partial charge < -0.3 is 4.74 Å². The fourth-order valence-corrected chi connectivity index (χ4v) is 10.6. The van der Waals surface area contributed by atoms with Crippen LogP contribution in [0.5, 0.6) is 0 Å². The summed E-state index contributed by atoms with van der Waals surface area (Å²) in [5.74, 6) is 1.54. The third kappa shape index (κ3) is 21.5. The predicted octanol–water partition coefficient (Wildman–Crippen LogP) is 17.2. The number of rotatable bonds is 41. The minimum absolute atomic E-state index is 0.0252. The van der Waals surface area contributed by atoms with Gasteiger partial charge in [0, 0.05) is 31.7 Å². The van der Waals surface area contributed by atoms with E-state index >= 15 is 0 Å². The average molecular weight is 864 g/mol. The molecule has 2 rings (SSSR count). The van der Waals surface area contributed by atoms with Crippen molar-refractivity contribution >= 4 is 7.82 Å². The quantitative estimate of drug-likeness (QED) is 0.0347. The van der Waals surface area contributed by atoms with E-state index in [0.717, 1.165) is 18.3 Å². The van der Waals surface area contributed by atoms with Crippen LogP contribution in [0.1, 0.15) is 247 Å². The largest absolute Gasteiger partial charge is 0.474 e. The van der Waals surface area contributed by atoms with Crippen molar-refractivity contribution in [2.45, 2.75) is 264 Å². The number of hydrogen-bond donors (Lipinski definition) is 0. The van der Waals surface area contributed by atoms with Crippen LogP contribution in [0.3, 0.4) is 0 Å². The Labute approximate surface area is 374 Å². The summed E-state index contributed by atoms with van der Waals surface area (Å²) in [5, 5.41) is 0. The fraction of sp³-hybridized carbons (Fsp3) is 0.925.